The summed E-state index contributed by atoms with van der Waals surface area (Å²) in [6, 6.07) is 0.692. The largest absolute Gasteiger partial charge is 0.481 e. The van der Waals surface area contributed by atoms with Crippen molar-refractivity contribution < 1.29 is 27.9 Å². The van der Waals surface area contributed by atoms with Crippen molar-refractivity contribution in [1.82, 2.24) is 19.9 Å². The summed E-state index contributed by atoms with van der Waals surface area (Å²) >= 11 is 0. The maximum Gasteiger partial charge on any atom is 0.417 e. The fourth-order valence-electron chi connectivity index (χ4n) is 3.88. The molecule has 1 fully saturated rings. The number of primary amides is 1. The molecule has 3 heterocycles. The first-order valence-electron chi connectivity index (χ1n) is 9.84. The van der Waals surface area contributed by atoms with Gasteiger partial charge in [0.2, 0.25) is 0 Å². The van der Waals surface area contributed by atoms with E-state index >= 15 is 0 Å². The molecule has 12 heteroatoms. The Hall–Kier alpha value is -3.70. The van der Waals surface area contributed by atoms with Crippen LogP contribution in [0.15, 0.2) is 24.7 Å². The Balaban J connectivity index is 1.72. The lowest BCUT2D eigenvalue weighted by Gasteiger charge is -2.28. The molecule has 0 spiro atoms. The molecule has 4 rings (SSSR count). The summed E-state index contributed by atoms with van der Waals surface area (Å²) in [5, 5.41) is 12.5. The zero-order chi connectivity index (χ0) is 23.0. The fraction of sp³-hybridized carbons (Fsp3) is 0.350. The number of alkyl halides is 3. The number of aliphatic carboxylic acids is 1. The summed E-state index contributed by atoms with van der Waals surface area (Å²) < 4.78 is 39.4. The molecule has 168 valence electrons. The number of rotatable bonds is 5. The van der Waals surface area contributed by atoms with Crippen molar-refractivity contribution in [2.75, 3.05) is 5.32 Å². The molecule has 0 aliphatic heterocycles. The lowest BCUT2D eigenvalue weighted by molar-refractivity contribution is -0.143. The summed E-state index contributed by atoms with van der Waals surface area (Å²) in [5.74, 6) is -2.02. The number of aromatic nitrogens is 4. The topological polar surface area (TPSA) is 147 Å². The summed E-state index contributed by atoms with van der Waals surface area (Å²) in [4.78, 5) is 38.2. The number of hydrogen-bond donors (Lipinski definition) is 4. The van der Waals surface area contributed by atoms with Gasteiger partial charge in [-0.15, -0.1) is 0 Å². The number of carboxylic acids is 1. The van der Waals surface area contributed by atoms with Crippen LogP contribution in [0.5, 0.6) is 0 Å². The molecule has 5 N–H and O–H groups in total. The normalized spacial score (nSPS) is 19.1. The summed E-state index contributed by atoms with van der Waals surface area (Å²) in [7, 11) is 0. The van der Waals surface area contributed by atoms with Gasteiger partial charge in [-0.2, -0.15) is 13.2 Å². The van der Waals surface area contributed by atoms with E-state index in [9.17, 15) is 27.9 Å². The number of carboxylic acid groups (broad SMARTS) is 1. The Morgan fingerprint density at radius 2 is 2.00 bits per heavy atom. The highest BCUT2D eigenvalue weighted by atomic mass is 19.4. The Morgan fingerprint density at radius 3 is 2.69 bits per heavy atom. The van der Waals surface area contributed by atoms with E-state index in [1.807, 2.05) is 0 Å². The van der Waals surface area contributed by atoms with E-state index in [1.165, 1.54) is 12.4 Å². The predicted octanol–water partition coefficient (Wildman–Crippen LogP) is 3.19. The molecule has 0 unspecified atom stereocenters. The number of aromatic amines is 1. The van der Waals surface area contributed by atoms with Gasteiger partial charge < -0.3 is 21.1 Å². The number of H-pyrrole nitrogens is 1. The lowest BCUT2D eigenvalue weighted by atomic mass is 9.86. The van der Waals surface area contributed by atoms with Crippen molar-refractivity contribution in [3.05, 3.63) is 35.8 Å². The third-order valence-electron chi connectivity index (χ3n) is 5.52. The second-order valence-corrected chi connectivity index (χ2v) is 7.68. The molecule has 1 amide bonds. The molecule has 1 saturated carbocycles. The number of halogens is 3. The van der Waals surface area contributed by atoms with Gasteiger partial charge in [0.05, 0.1) is 17.0 Å². The van der Waals surface area contributed by atoms with Crippen LogP contribution in [-0.2, 0) is 11.0 Å². The van der Waals surface area contributed by atoms with Crippen LogP contribution in [0, 0.1) is 5.92 Å². The van der Waals surface area contributed by atoms with Crippen molar-refractivity contribution in [2.45, 2.75) is 37.9 Å². The third-order valence-corrected chi connectivity index (χ3v) is 5.52. The molecule has 2 atom stereocenters. The van der Waals surface area contributed by atoms with Crippen LogP contribution in [0.3, 0.4) is 0 Å². The van der Waals surface area contributed by atoms with Crippen LogP contribution >= 0.6 is 0 Å². The second kappa shape index (κ2) is 8.09. The number of hydrogen-bond acceptors (Lipinski definition) is 6. The Morgan fingerprint density at radius 1 is 1.22 bits per heavy atom. The van der Waals surface area contributed by atoms with E-state index < -0.39 is 29.5 Å². The number of anilines is 1. The lowest BCUT2D eigenvalue weighted by Crippen LogP contribution is -2.32. The number of fused-ring (bicyclic) bond motifs is 1. The summed E-state index contributed by atoms with van der Waals surface area (Å²) in [5.41, 5.74) is 5.00. The molecule has 1 aliphatic carbocycles. The molecule has 3 aromatic rings. The number of nitrogens with zero attached hydrogens (tertiary/aromatic N) is 3. The van der Waals surface area contributed by atoms with Crippen molar-refractivity contribution in [3.63, 3.8) is 0 Å². The number of nitrogens with two attached hydrogens (primary N) is 1. The SMILES string of the molecule is NC(=O)c1cnc(-c2c[nH]c3ncc(C(F)(F)F)cc23)nc1N[C@H]1CCC[C@@H](C(=O)O)C1. The van der Waals surface area contributed by atoms with Gasteiger partial charge in [0.1, 0.15) is 11.5 Å². The van der Waals surface area contributed by atoms with Gasteiger partial charge in [0.25, 0.3) is 5.91 Å². The quantitative estimate of drug-likeness (QED) is 0.469. The minimum Gasteiger partial charge on any atom is -0.481 e. The van der Waals surface area contributed by atoms with E-state index in [2.05, 4.69) is 25.3 Å². The predicted molar refractivity (Wildman–Crippen MR) is 108 cm³/mol. The van der Waals surface area contributed by atoms with Crippen LogP contribution in [0.4, 0.5) is 19.0 Å². The standard InChI is InChI=1S/C20H19F3N6O3/c21-20(22,23)10-5-12-13(7-26-16(12)25-6-10)17-27-8-14(15(24)30)18(29-17)28-11-3-1-2-9(4-11)19(31)32/h5-9,11H,1-4H2,(H2,24,30)(H,25,26)(H,31,32)(H,27,28,29)/t9-,11+/m1/s1. The van der Waals surface area contributed by atoms with E-state index in [0.717, 1.165) is 12.3 Å². The Kier molecular flexibility index (Phi) is 5.45. The molecule has 9 nitrogen and oxygen atoms in total. The van der Waals surface area contributed by atoms with Gasteiger partial charge in [-0.05, 0) is 25.3 Å². The Labute approximate surface area is 179 Å². The number of amides is 1. The molecule has 0 radical (unpaired) electrons. The van der Waals surface area contributed by atoms with Gasteiger partial charge in [-0.25, -0.2) is 15.0 Å². The number of pyridine rings is 1. The molecule has 3 aromatic heterocycles. The monoisotopic (exact) mass is 448 g/mol. The van der Waals surface area contributed by atoms with Crippen molar-refractivity contribution in [2.24, 2.45) is 11.7 Å². The number of nitrogens with one attached hydrogen (secondary N) is 2. The van der Waals surface area contributed by atoms with Gasteiger partial charge in [-0.1, -0.05) is 6.42 Å². The van der Waals surface area contributed by atoms with E-state index in [-0.39, 0.29) is 39.8 Å². The van der Waals surface area contributed by atoms with E-state index in [1.54, 1.807) is 0 Å². The van der Waals surface area contributed by atoms with Gasteiger partial charge in [0, 0.05) is 35.6 Å². The van der Waals surface area contributed by atoms with E-state index in [0.29, 0.717) is 25.7 Å². The van der Waals surface area contributed by atoms with Crippen molar-refractivity contribution in [3.8, 4) is 11.4 Å². The number of carbonyl (C=O) groups is 2. The van der Waals surface area contributed by atoms with Crippen LogP contribution in [-0.4, -0.2) is 43.0 Å². The molecule has 0 saturated heterocycles. The molecule has 1 aliphatic rings. The maximum atomic E-state index is 13.1. The van der Waals surface area contributed by atoms with Gasteiger partial charge in [0.15, 0.2) is 5.82 Å². The Bertz CT molecular complexity index is 1190. The maximum absolute atomic E-state index is 13.1. The highest BCUT2D eigenvalue weighted by Gasteiger charge is 2.32. The third kappa shape index (κ3) is 4.20. The smallest absolute Gasteiger partial charge is 0.417 e. The number of carbonyl (C=O) groups excluding carboxylic acids is 1. The zero-order valence-corrected chi connectivity index (χ0v) is 16.6. The van der Waals surface area contributed by atoms with Crippen LogP contribution in [0.1, 0.15) is 41.6 Å². The van der Waals surface area contributed by atoms with Crippen LogP contribution in [0.2, 0.25) is 0 Å². The molecular weight excluding hydrogens is 429 g/mol. The summed E-state index contributed by atoms with van der Waals surface area (Å²) in [6.45, 7) is 0. The highest BCUT2D eigenvalue weighted by Crippen LogP contribution is 2.34. The first-order chi connectivity index (χ1) is 15.1. The minimum atomic E-state index is -4.57. The van der Waals surface area contributed by atoms with Gasteiger partial charge >= 0.3 is 12.1 Å². The molecule has 0 aromatic carbocycles. The zero-order valence-electron chi connectivity index (χ0n) is 16.6. The second-order valence-electron chi connectivity index (χ2n) is 7.68. The van der Waals surface area contributed by atoms with Gasteiger partial charge in [-0.3, -0.25) is 9.59 Å². The van der Waals surface area contributed by atoms with Crippen molar-refractivity contribution in [1.29, 1.82) is 0 Å². The summed E-state index contributed by atoms with van der Waals surface area (Å²) in [6.07, 6.45) is 1.07. The minimum absolute atomic E-state index is 0.000135. The average molecular weight is 448 g/mol. The fourth-order valence-corrected chi connectivity index (χ4v) is 3.88. The first-order valence-corrected chi connectivity index (χ1v) is 9.84. The van der Waals surface area contributed by atoms with Crippen LogP contribution < -0.4 is 11.1 Å². The van der Waals surface area contributed by atoms with Crippen LogP contribution in [0.25, 0.3) is 22.4 Å². The first kappa shape index (κ1) is 21.5. The molecule has 32 heavy (non-hydrogen) atoms. The van der Waals surface area contributed by atoms with Crippen molar-refractivity contribution >= 4 is 28.7 Å². The molecule has 0 bridgehead atoms. The van der Waals surface area contributed by atoms with E-state index in [4.69, 9.17) is 5.73 Å². The highest BCUT2D eigenvalue weighted by molar-refractivity contribution is 5.98. The molecular formula is C20H19F3N6O3. The average Bonchev–Trinajstić information content (AvgIpc) is 3.16.